The first-order chi connectivity index (χ1) is 13.1. The average Bonchev–Trinajstić information content (AvgIpc) is 3.25. The van der Waals surface area contributed by atoms with Crippen molar-refractivity contribution in [3.8, 4) is 0 Å². The summed E-state index contributed by atoms with van der Waals surface area (Å²) < 4.78 is 32.2. The van der Waals surface area contributed by atoms with Crippen LogP contribution >= 0.6 is 10.0 Å². The van der Waals surface area contributed by atoms with Crippen molar-refractivity contribution >= 4 is 33.1 Å². The first kappa shape index (κ1) is 18.2. The minimum atomic E-state index is -3.46. The van der Waals surface area contributed by atoms with Crippen molar-refractivity contribution in [3.63, 3.8) is 0 Å². The quantitative estimate of drug-likeness (QED) is 0.618. The molecular weight excluding hydrogens is 397 g/mol. The van der Waals surface area contributed by atoms with Gasteiger partial charge < -0.3 is 10.1 Å². The van der Waals surface area contributed by atoms with Crippen LogP contribution in [-0.4, -0.2) is 44.7 Å². The van der Waals surface area contributed by atoms with E-state index in [0.29, 0.717) is 21.1 Å². The van der Waals surface area contributed by atoms with Gasteiger partial charge in [-0.2, -0.15) is 0 Å². The summed E-state index contributed by atoms with van der Waals surface area (Å²) in [5.41, 5.74) is 2.88. The molecule has 0 radical (unpaired) electrons. The lowest BCUT2D eigenvalue weighted by molar-refractivity contribution is 0.125. The molecule has 5 rings (SSSR count). The van der Waals surface area contributed by atoms with E-state index in [1.807, 2.05) is 24.3 Å². The van der Waals surface area contributed by atoms with Gasteiger partial charge in [-0.3, -0.25) is 10.0 Å². The number of halogens is 1. The molecule has 140 valence electrons. The summed E-state index contributed by atoms with van der Waals surface area (Å²) in [5, 5.41) is 3.57. The van der Waals surface area contributed by atoms with E-state index in [9.17, 15) is 8.42 Å². The molecule has 27 heavy (non-hydrogen) atoms. The van der Waals surface area contributed by atoms with E-state index in [-0.39, 0.29) is 10.9 Å². The van der Waals surface area contributed by atoms with Gasteiger partial charge >= 0.3 is 13.2 Å². The summed E-state index contributed by atoms with van der Waals surface area (Å²) in [6.45, 7) is 1.57. The monoisotopic (exact) mass is 417 g/mol. The fourth-order valence-electron chi connectivity index (χ4n) is 4.34. The fraction of sp³-hybridized carbons (Fsp3) is 0.400. The van der Waals surface area contributed by atoms with Crippen LogP contribution in [0, 0.1) is 0 Å². The fourth-order valence-corrected chi connectivity index (χ4v) is 9.41. The van der Waals surface area contributed by atoms with Crippen LogP contribution in [0.4, 0.5) is 0 Å². The van der Waals surface area contributed by atoms with Gasteiger partial charge in [0, 0.05) is 24.5 Å². The number of nitrogens with one attached hydrogen (secondary N) is 1. The third-order valence-electron chi connectivity index (χ3n) is 5.97. The Morgan fingerprint density at radius 3 is 2.81 bits per heavy atom. The highest BCUT2D eigenvalue weighted by atomic mass is 35.6. The largest absolute Gasteiger partial charge is 0.452 e. The van der Waals surface area contributed by atoms with Gasteiger partial charge in [0.05, 0.1) is 9.79 Å². The third-order valence-corrected chi connectivity index (χ3v) is 11.5. The van der Waals surface area contributed by atoms with E-state index < -0.39 is 23.1 Å². The van der Waals surface area contributed by atoms with E-state index in [2.05, 4.69) is 11.4 Å². The Kier molecular flexibility index (Phi) is 4.63. The van der Waals surface area contributed by atoms with Crippen LogP contribution in [0.3, 0.4) is 0 Å². The Hall–Kier alpha value is -0.868. The molecule has 3 aliphatic rings. The minimum absolute atomic E-state index is 0.255. The van der Waals surface area contributed by atoms with Crippen LogP contribution in [-0.2, 0) is 21.0 Å². The number of hydrogen-bond donors (Lipinski definition) is 1. The maximum atomic E-state index is 13.2. The average molecular weight is 418 g/mol. The lowest BCUT2D eigenvalue weighted by atomic mass is 9.92. The SMILES string of the molecule is O=S1(=O)c2ccccc2Cc2ccc(C3CCCO[CH]4[CH](NC3)[Al]4[Cl])cc21. The summed E-state index contributed by atoms with van der Waals surface area (Å²) in [5.74, 6) is 0.281. The zero-order chi connectivity index (χ0) is 18.6. The zero-order valence-corrected chi connectivity index (χ0v) is 17.6. The van der Waals surface area contributed by atoms with E-state index >= 15 is 0 Å². The molecule has 7 heteroatoms. The van der Waals surface area contributed by atoms with Gasteiger partial charge in [0.2, 0.25) is 9.84 Å². The van der Waals surface area contributed by atoms with Gasteiger partial charge in [-0.1, -0.05) is 30.3 Å². The lowest BCUT2D eigenvalue weighted by Gasteiger charge is -2.23. The predicted molar refractivity (Wildman–Crippen MR) is 106 cm³/mol. The molecule has 4 nitrogen and oxygen atoms in total. The number of rotatable bonds is 1. The van der Waals surface area contributed by atoms with Crippen molar-refractivity contribution in [1.29, 1.82) is 0 Å². The molecule has 0 saturated carbocycles. The smallest absolute Gasteiger partial charge is 0.391 e. The molecule has 1 N–H and O–H groups in total. The summed E-state index contributed by atoms with van der Waals surface area (Å²) >= 11 is -1.29. The van der Waals surface area contributed by atoms with E-state index in [0.717, 1.165) is 42.7 Å². The summed E-state index contributed by atoms with van der Waals surface area (Å²) in [6, 6.07) is 13.3. The zero-order valence-electron chi connectivity index (χ0n) is 14.9. The van der Waals surface area contributed by atoms with E-state index in [4.69, 9.17) is 14.8 Å². The molecule has 2 fully saturated rings. The van der Waals surface area contributed by atoms with Crippen LogP contribution in [0.2, 0.25) is 0 Å². The van der Waals surface area contributed by atoms with Crippen LogP contribution in [0.5, 0.6) is 0 Å². The molecule has 3 heterocycles. The molecule has 2 aromatic rings. The minimum Gasteiger partial charge on any atom is -0.391 e. The Morgan fingerprint density at radius 1 is 1.11 bits per heavy atom. The second kappa shape index (κ2) is 6.88. The van der Waals surface area contributed by atoms with Gasteiger partial charge in [0.15, 0.2) is 0 Å². The van der Waals surface area contributed by atoms with Crippen molar-refractivity contribution in [1.82, 2.24) is 5.32 Å². The number of hydrogen-bond acceptors (Lipinski definition) is 4. The Morgan fingerprint density at radius 2 is 1.93 bits per heavy atom. The van der Waals surface area contributed by atoms with Gasteiger partial charge in [-0.15, -0.1) is 0 Å². The number of benzene rings is 2. The van der Waals surface area contributed by atoms with Gasteiger partial charge in [-0.05, 0) is 52.5 Å². The molecule has 0 amide bonds. The number of fused-ring (bicyclic) bond motifs is 3. The topological polar surface area (TPSA) is 55.4 Å². The molecule has 0 bridgehead atoms. The molecule has 2 aromatic carbocycles. The number of ether oxygens (including phenoxy) is 1. The predicted octanol–water partition coefficient (Wildman–Crippen LogP) is 2.97. The van der Waals surface area contributed by atoms with Crippen LogP contribution in [0.15, 0.2) is 52.3 Å². The Bertz CT molecular complexity index is 996. The van der Waals surface area contributed by atoms with Gasteiger partial charge in [0.25, 0.3) is 0 Å². The van der Waals surface area contributed by atoms with Gasteiger partial charge in [-0.25, -0.2) is 8.42 Å². The molecule has 3 aliphatic heterocycles. The first-order valence-corrected chi connectivity index (χ1v) is 14.1. The standard InChI is InChI=1S/C20H21NO3S.Al.ClH/c22-25(23)19-6-2-1-4-16(19)12-17-8-7-15(13-20(17)25)18-5-3-10-24-11-9-21-14-18;;/h1-2,4,6-9,11,13,18,21H,3,5,10,12,14H2;;1H/q;+1;/p-1. The van der Waals surface area contributed by atoms with Crippen molar-refractivity contribution in [2.75, 3.05) is 13.2 Å². The highest BCUT2D eigenvalue weighted by molar-refractivity contribution is 7.91. The van der Waals surface area contributed by atoms with Gasteiger partial charge in [0.1, 0.15) is 0 Å². The van der Waals surface area contributed by atoms with Crippen molar-refractivity contribution in [3.05, 3.63) is 59.2 Å². The molecule has 0 spiro atoms. The Labute approximate surface area is 168 Å². The summed E-state index contributed by atoms with van der Waals surface area (Å²) in [7, 11) is 2.95. The molecule has 3 atom stereocenters. The summed E-state index contributed by atoms with van der Waals surface area (Å²) in [4.78, 5) is 1.53. The van der Waals surface area contributed by atoms with Crippen molar-refractivity contribution in [2.24, 2.45) is 0 Å². The Balaban J connectivity index is 1.47. The van der Waals surface area contributed by atoms with Crippen LogP contribution in [0.1, 0.15) is 35.4 Å². The number of sulfone groups is 1. The maximum Gasteiger partial charge on any atom is 0.452 e. The van der Waals surface area contributed by atoms with E-state index in [1.165, 1.54) is 0 Å². The van der Waals surface area contributed by atoms with Crippen LogP contribution < -0.4 is 5.32 Å². The normalized spacial score (nSPS) is 28.8. The maximum absolute atomic E-state index is 13.2. The van der Waals surface area contributed by atoms with Crippen molar-refractivity contribution in [2.45, 2.75) is 44.8 Å². The lowest BCUT2D eigenvalue weighted by Crippen LogP contribution is -2.27. The highest BCUT2D eigenvalue weighted by Gasteiger charge is 2.57. The molecule has 0 aromatic heterocycles. The summed E-state index contributed by atoms with van der Waals surface area (Å²) in [6.07, 6.45) is 2.63. The molecular formula is C20H21AlClNO3S. The molecule has 2 saturated heterocycles. The van der Waals surface area contributed by atoms with E-state index in [1.54, 1.807) is 12.1 Å². The van der Waals surface area contributed by atoms with Crippen LogP contribution in [0.25, 0.3) is 0 Å². The van der Waals surface area contributed by atoms with Crippen molar-refractivity contribution < 1.29 is 13.2 Å². The molecule has 0 aliphatic carbocycles. The molecule has 3 unspecified atom stereocenters. The second-order valence-electron chi connectivity index (χ2n) is 7.71. The second-order valence-corrected chi connectivity index (χ2v) is 13.4. The highest BCUT2D eigenvalue weighted by Crippen LogP contribution is 2.37. The first-order valence-electron chi connectivity index (χ1n) is 9.50. The third kappa shape index (κ3) is 3.17.